The fourth-order valence-corrected chi connectivity index (χ4v) is 5.13. The van der Waals surface area contributed by atoms with Crippen LogP contribution in [-0.2, 0) is 0 Å². The number of hydrogen-bond donors (Lipinski definition) is 2. The third-order valence-electron chi connectivity index (χ3n) is 5.27. The summed E-state index contributed by atoms with van der Waals surface area (Å²) in [5.41, 5.74) is 7.13. The molecule has 1 saturated heterocycles. The second-order valence-electron chi connectivity index (χ2n) is 7.14. The fourth-order valence-electron chi connectivity index (χ4n) is 3.95. The average Bonchev–Trinajstić information content (AvgIpc) is 3.27. The Morgan fingerprint density at radius 3 is 2.82 bits per heavy atom. The zero-order chi connectivity index (χ0) is 19.4. The Morgan fingerprint density at radius 2 is 2.04 bits per heavy atom. The molecular weight excluding hydrogens is 397 g/mol. The summed E-state index contributed by atoms with van der Waals surface area (Å²) in [6, 6.07) is 12.6. The van der Waals surface area contributed by atoms with E-state index in [1.54, 1.807) is 18.2 Å². The topological polar surface area (TPSA) is 62.4 Å². The van der Waals surface area contributed by atoms with E-state index in [4.69, 9.17) is 17.3 Å². The molecule has 1 atom stereocenters. The number of phenolic OH excluding ortho intramolecular Hbond substituents is 1. The van der Waals surface area contributed by atoms with Crippen molar-refractivity contribution < 1.29 is 9.50 Å². The highest BCUT2D eigenvalue weighted by molar-refractivity contribution is 7.11. The first-order valence-corrected chi connectivity index (χ1v) is 10.2. The average molecular weight is 414 g/mol. The molecular formula is C21H17ClFN3OS. The molecule has 0 radical (unpaired) electrons. The van der Waals surface area contributed by atoms with E-state index in [-0.39, 0.29) is 17.4 Å². The molecule has 4 aromatic rings. The number of rotatable bonds is 2. The molecule has 0 unspecified atom stereocenters. The second-order valence-corrected chi connectivity index (χ2v) is 8.30. The van der Waals surface area contributed by atoms with E-state index in [1.165, 1.54) is 11.5 Å². The lowest BCUT2D eigenvalue weighted by molar-refractivity contribution is 0.476. The summed E-state index contributed by atoms with van der Waals surface area (Å²) in [4.78, 5) is 2.14. The quantitative estimate of drug-likeness (QED) is 0.477. The Balaban J connectivity index is 1.74. The van der Waals surface area contributed by atoms with Gasteiger partial charge in [0.05, 0.1) is 5.02 Å². The molecule has 1 fully saturated rings. The molecule has 1 aliphatic heterocycles. The third kappa shape index (κ3) is 2.71. The van der Waals surface area contributed by atoms with Gasteiger partial charge in [0.1, 0.15) is 16.3 Å². The minimum Gasteiger partial charge on any atom is -0.508 e. The lowest BCUT2D eigenvalue weighted by atomic mass is 9.96. The smallest absolute Gasteiger partial charge is 0.159 e. The first-order chi connectivity index (χ1) is 13.5. The number of nitrogens with two attached hydrogens (primary N) is 1. The Hall–Kier alpha value is -2.41. The fraction of sp³-hybridized carbons (Fsp3) is 0.190. The number of benzene rings is 3. The molecule has 0 bridgehead atoms. The number of halogens is 2. The highest BCUT2D eigenvalue weighted by Crippen LogP contribution is 2.44. The van der Waals surface area contributed by atoms with Crippen molar-refractivity contribution in [2.45, 2.75) is 12.5 Å². The number of anilines is 1. The van der Waals surface area contributed by atoms with E-state index in [9.17, 15) is 5.11 Å². The lowest BCUT2D eigenvalue weighted by Crippen LogP contribution is -2.25. The molecule has 5 rings (SSSR count). The SMILES string of the molecule is N[C@@H]1CCN(c2snc3c(F)c(-c4cc(O)cc5ccccc45)c(Cl)cc23)C1. The molecule has 0 amide bonds. The molecule has 3 aromatic carbocycles. The lowest BCUT2D eigenvalue weighted by Gasteiger charge is -2.16. The van der Waals surface area contributed by atoms with Gasteiger partial charge in [-0.25, -0.2) is 4.39 Å². The number of phenols is 1. The van der Waals surface area contributed by atoms with Gasteiger partial charge in [-0.05, 0) is 52.5 Å². The van der Waals surface area contributed by atoms with E-state index in [0.717, 1.165) is 35.3 Å². The van der Waals surface area contributed by atoms with Crippen LogP contribution < -0.4 is 10.6 Å². The molecule has 0 aliphatic carbocycles. The normalized spacial score (nSPS) is 17.1. The van der Waals surface area contributed by atoms with Crippen LogP contribution >= 0.6 is 23.1 Å². The molecule has 2 heterocycles. The maximum absolute atomic E-state index is 15.6. The highest BCUT2D eigenvalue weighted by Gasteiger charge is 2.26. The van der Waals surface area contributed by atoms with Crippen molar-refractivity contribution in [3.8, 4) is 16.9 Å². The summed E-state index contributed by atoms with van der Waals surface area (Å²) in [5, 5.41) is 13.7. The molecule has 1 aliphatic rings. The van der Waals surface area contributed by atoms with Crippen LogP contribution in [0.5, 0.6) is 5.75 Å². The Kier molecular flexibility index (Phi) is 4.16. The second kappa shape index (κ2) is 6.58. The molecule has 4 nitrogen and oxygen atoms in total. The van der Waals surface area contributed by atoms with Crippen molar-refractivity contribution in [1.82, 2.24) is 4.37 Å². The van der Waals surface area contributed by atoms with E-state index < -0.39 is 5.82 Å². The van der Waals surface area contributed by atoms with Crippen molar-refractivity contribution in [2.24, 2.45) is 5.73 Å². The van der Waals surface area contributed by atoms with Crippen LogP contribution in [0, 0.1) is 5.82 Å². The Morgan fingerprint density at radius 1 is 1.21 bits per heavy atom. The summed E-state index contributed by atoms with van der Waals surface area (Å²) < 4.78 is 20.0. The molecule has 3 N–H and O–H groups in total. The van der Waals surface area contributed by atoms with Crippen LogP contribution in [0.2, 0.25) is 5.02 Å². The van der Waals surface area contributed by atoms with Gasteiger partial charge in [0.15, 0.2) is 5.82 Å². The number of nitrogens with zero attached hydrogens (tertiary/aromatic N) is 2. The summed E-state index contributed by atoms with van der Waals surface area (Å²) in [5.74, 6) is -0.404. The third-order valence-corrected chi connectivity index (χ3v) is 6.50. The minimum atomic E-state index is -0.468. The van der Waals surface area contributed by atoms with Crippen molar-refractivity contribution in [2.75, 3.05) is 18.0 Å². The van der Waals surface area contributed by atoms with Crippen LogP contribution in [0.4, 0.5) is 9.39 Å². The van der Waals surface area contributed by atoms with Gasteiger partial charge in [-0.1, -0.05) is 35.9 Å². The van der Waals surface area contributed by atoms with E-state index in [1.807, 2.05) is 24.3 Å². The standard InChI is InChI=1S/C21H17ClFN3OS/c22-17-9-16-20(25-28-21(16)26-6-5-12(24)10-26)19(23)18(17)15-8-13(27)7-11-3-1-2-4-14(11)15/h1-4,7-9,12,27H,5-6,10,24H2/t12-/m1/s1. The molecule has 0 spiro atoms. The zero-order valence-electron chi connectivity index (χ0n) is 14.8. The van der Waals surface area contributed by atoms with Crippen LogP contribution in [0.25, 0.3) is 32.8 Å². The van der Waals surface area contributed by atoms with Crippen molar-refractivity contribution in [3.63, 3.8) is 0 Å². The van der Waals surface area contributed by atoms with E-state index in [2.05, 4.69) is 9.27 Å². The van der Waals surface area contributed by atoms with Gasteiger partial charge >= 0.3 is 0 Å². The van der Waals surface area contributed by atoms with E-state index in [0.29, 0.717) is 21.5 Å². The van der Waals surface area contributed by atoms with Gasteiger partial charge in [-0.2, -0.15) is 4.37 Å². The van der Waals surface area contributed by atoms with Gasteiger partial charge in [0.2, 0.25) is 0 Å². The predicted octanol–water partition coefficient (Wildman–Crippen LogP) is 5.15. The highest BCUT2D eigenvalue weighted by atomic mass is 35.5. The maximum Gasteiger partial charge on any atom is 0.159 e. The first kappa shape index (κ1) is 17.7. The van der Waals surface area contributed by atoms with Crippen LogP contribution in [0.1, 0.15) is 6.42 Å². The maximum atomic E-state index is 15.6. The molecule has 1 aromatic heterocycles. The largest absolute Gasteiger partial charge is 0.508 e. The number of aromatic nitrogens is 1. The number of fused-ring (bicyclic) bond motifs is 2. The molecule has 7 heteroatoms. The molecule has 142 valence electrons. The van der Waals surface area contributed by atoms with Gasteiger partial charge in [0.25, 0.3) is 0 Å². The monoisotopic (exact) mass is 413 g/mol. The molecule has 28 heavy (non-hydrogen) atoms. The summed E-state index contributed by atoms with van der Waals surface area (Å²) in [6.07, 6.45) is 0.906. The zero-order valence-corrected chi connectivity index (χ0v) is 16.4. The van der Waals surface area contributed by atoms with E-state index >= 15 is 4.39 Å². The Labute approximate surface area is 170 Å². The van der Waals surface area contributed by atoms with Crippen molar-refractivity contribution >= 4 is 49.8 Å². The summed E-state index contributed by atoms with van der Waals surface area (Å²) in [7, 11) is 0. The van der Waals surface area contributed by atoms with Crippen LogP contribution in [0.15, 0.2) is 42.5 Å². The predicted molar refractivity (Wildman–Crippen MR) is 114 cm³/mol. The van der Waals surface area contributed by atoms with Crippen molar-refractivity contribution in [1.29, 1.82) is 0 Å². The van der Waals surface area contributed by atoms with Gasteiger partial charge < -0.3 is 15.7 Å². The summed E-state index contributed by atoms with van der Waals surface area (Å²) >= 11 is 7.84. The van der Waals surface area contributed by atoms with Gasteiger partial charge in [-0.15, -0.1) is 0 Å². The number of hydrogen-bond acceptors (Lipinski definition) is 5. The van der Waals surface area contributed by atoms with Crippen LogP contribution in [0.3, 0.4) is 0 Å². The van der Waals surface area contributed by atoms with Gasteiger partial charge in [0, 0.05) is 30.1 Å². The first-order valence-electron chi connectivity index (χ1n) is 9.03. The summed E-state index contributed by atoms with van der Waals surface area (Å²) in [6.45, 7) is 1.56. The minimum absolute atomic E-state index is 0.0642. The molecule has 0 saturated carbocycles. The Bertz CT molecular complexity index is 1230. The van der Waals surface area contributed by atoms with Gasteiger partial charge in [-0.3, -0.25) is 0 Å². The van der Waals surface area contributed by atoms with Crippen LogP contribution in [-0.4, -0.2) is 28.6 Å². The van der Waals surface area contributed by atoms with Crippen molar-refractivity contribution in [3.05, 3.63) is 53.3 Å². The number of aromatic hydroxyl groups is 1.